The number of urea groups is 1. The second kappa shape index (κ2) is 9.03. The minimum absolute atomic E-state index is 0.0604. The fourth-order valence-corrected chi connectivity index (χ4v) is 2.93. The van der Waals surface area contributed by atoms with Crippen molar-refractivity contribution in [2.45, 2.75) is 32.2 Å². The minimum Gasteiger partial charge on any atom is -0.320 e. The molecular weight excluding hydrogens is 361 g/mol. The molecule has 0 radical (unpaired) electrons. The molecule has 0 aliphatic carbocycles. The number of unbranched alkanes of at least 4 members (excludes halogenated alkanes) is 1. The van der Waals surface area contributed by atoms with Crippen LogP contribution in [0.25, 0.3) is 5.69 Å². The second-order valence-corrected chi connectivity index (χ2v) is 6.40. The Kier molecular flexibility index (Phi) is 6.25. The number of tetrazole rings is 1. The van der Waals surface area contributed by atoms with Crippen molar-refractivity contribution < 1.29 is 9.18 Å². The molecule has 0 aliphatic heterocycles. The third kappa shape index (κ3) is 4.48. The number of amides is 2. The summed E-state index contributed by atoms with van der Waals surface area (Å²) in [6, 6.07) is 7.51. The van der Waals surface area contributed by atoms with E-state index in [9.17, 15) is 9.18 Å². The lowest BCUT2D eigenvalue weighted by Crippen LogP contribution is -2.35. The highest BCUT2D eigenvalue weighted by Gasteiger charge is 2.22. The molecule has 9 heteroatoms. The van der Waals surface area contributed by atoms with Gasteiger partial charge < -0.3 is 10.2 Å². The van der Waals surface area contributed by atoms with E-state index in [1.54, 1.807) is 24.3 Å². The van der Waals surface area contributed by atoms with E-state index in [1.165, 1.54) is 29.2 Å². The maximum atomic E-state index is 14.3. The summed E-state index contributed by atoms with van der Waals surface area (Å²) in [5.41, 5.74) is 1.54. The molecule has 0 bridgehead atoms. The monoisotopic (exact) mass is 383 g/mol. The predicted octanol–water partition coefficient (Wildman–Crippen LogP) is 3.59. The fraction of sp³-hybridized carbons (Fsp3) is 0.316. The maximum Gasteiger partial charge on any atom is 0.322 e. The molecule has 2 amide bonds. The molecular formula is C19H22FN7O. The number of carbonyl (C=O) groups excluding carboxylic acids is 1. The van der Waals surface area contributed by atoms with Crippen LogP contribution in [0.4, 0.5) is 14.9 Å². The van der Waals surface area contributed by atoms with Crippen molar-refractivity contribution in [3.8, 4) is 5.69 Å². The van der Waals surface area contributed by atoms with Gasteiger partial charge in [0.05, 0.1) is 17.4 Å². The SMILES string of the molecule is CCCC[C@@H](c1cccnc1)N(C)C(=O)Nc1cc(-n2cnnn2)ccc1F. The first-order valence-corrected chi connectivity index (χ1v) is 9.06. The number of aromatic nitrogens is 5. The molecule has 2 heterocycles. The van der Waals surface area contributed by atoms with Crippen molar-refractivity contribution >= 4 is 11.7 Å². The molecule has 2 aromatic heterocycles. The van der Waals surface area contributed by atoms with E-state index >= 15 is 0 Å². The lowest BCUT2D eigenvalue weighted by atomic mass is 10.0. The van der Waals surface area contributed by atoms with Crippen LogP contribution in [0.2, 0.25) is 0 Å². The molecule has 8 nitrogen and oxygen atoms in total. The van der Waals surface area contributed by atoms with E-state index in [0.29, 0.717) is 5.69 Å². The number of pyridine rings is 1. The average Bonchev–Trinajstić information content (AvgIpc) is 3.25. The Morgan fingerprint density at radius 3 is 2.89 bits per heavy atom. The highest BCUT2D eigenvalue weighted by molar-refractivity contribution is 5.90. The lowest BCUT2D eigenvalue weighted by molar-refractivity contribution is 0.199. The summed E-state index contributed by atoms with van der Waals surface area (Å²) >= 11 is 0. The van der Waals surface area contributed by atoms with Gasteiger partial charge in [0.1, 0.15) is 12.1 Å². The van der Waals surface area contributed by atoms with Gasteiger partial charge in [-0.25, -0.2) is 13.9 Å². The van der Waals surface area contributed by atoms with Crippen molar-refractivity contribution in [3.05, 3.63) is 60.4 Å². The van der Waals surface area contributed by atoms with Gasteiger partial charge in [-0.1, -0.05) is 25.8 Å². The smallest absolute Gasteiger partial charge is 0.320 e. The van der Waals surface area contributed by atoms with Gasteiger partial charge in [0.2, 0.25) is 0 Å². The van der Waals surface area contributed by atoms with Gasteiger partial charge >= 0.3 is 6.03 Å². The number of carbonyl (C=O) groups is 1. The van der Waals surface area contributed by atoms with Crippen molar-refractivity contribution in [2.24, 2.45) is 0 Å². The fourth-order valence-electron chi connectivity index (χ4n) is 2.93. The number of hydrogen-bond donors (Lipinski definition) is 1. The van der Waals surface area contributed by atoms with Crippen LogP contribution in [0.5, 0.6) is 0 Å². The zero-order valence-corrected chi connectivity index (χ0v) is 15.8. The zero-order chi connectivity index (χ0) is 19.9. The molecule has 0 spiro atoms. The van der Waals surface area contributed by atoms with Crippen molar-refractivity contribution in [1.29, 1.82) is 0 Å². The van der Waals surface area contributed by atoms with Gasteiger partial charge in [-0.05, 0) is 46.7 Å². The number of nitrogens with one attached hydrogen (secondary N) is 1. The van der Waals surface area contributed by atoms with Crippen LogP contribution in [0.3, 0.4) is 0 Å². The Labute approximate surface area is 162 Å². The van der Waals surface area contributed by atoms with Crippen molar-refractivity contribution in [2.75, 3.05) is 12.4 Å². The highest BCUT2D eigenvalue weighted by atomic mass is 19.1. The van der Waals surface area contributed by atoms with Crippen LogP contribution in [-0.2, 0) is 0 Å². The van der Waals surface area contributed by atoms with Crippen LogP contribution in [0.15, 0.2) is 49.1 Å². The molecule has 0 saturated carbocycles. The molecule has 0 fully saturated rings. The molecule has 0 saturated heterocycles. The Morgan fingerprint density at radius 2 is 2.21 bits per heavy atom. The van der Waals surface area contributed by atoms with Crippen LogP contribution in [0.1, 0.15) is 37.8 Å². The number of benzene rings is 1. The molecule has 28 heavy (non-hydrogen) atoms. The minimum atomic E-state index is -0.537. The first-order valence-electron chi connectivity index (χ1n) is 9.06. The van der Waals surface area contributed by atoms with Gasteiger partial charge in [-0.2, -0.15) is 0 Å². The van der Waals surface area contributed by atoms with E-state index in [4.69, 9.17) is 0 Å². The normalized spacial score (nSPS) is 11.8. The van der Waals surface area contributed by atoms with E-state index in [-0.39, 0.29) is 11.7 Å². The summed E-state index contributed by atoms with van der Waals surface area (Å²) < 4.78 is 15.6. The number of rotatable bonds is 7. The topological polar surface area (TPSA) is 88.8 Å². The Bertz CT molecular complexity index is 902. The molecule has 0 unspecified atom stereocenters. The van der Waals surface area contributed by atoms with Crippen LogP contribution in [0, 0.1) is 5.82 Å². The predicted molar refractivity (Wildman–Crippen MR) is 102 cm³/mol. The van der Waals surface area contributed by atoms with Gasteiger partial charge in [-0.3, -0.25) is 4.98 Å². The third-order valence-corrected chi connectivity index (χ3v) is 4.49. The largest absolute Gasteiger partial charge is 0.322 e. The van der Waals surface area contributed by atoms with Gasteiger partial charge in [0.25, 0.3) is 0 Å². The first-order chi connectivity index (χ1) is 13.6. The summed E-state index contributed by atoms with van der Waals surface area (Å²) in [4.78, 5) is 18.6. The summed E-state index contributed by atoms with van der Waals surface area (Å²) in [6.07, 6.45) is 7.60. The van der Waals surface area contributed by atoms with E-state index < -0.39 is 11.8 Å². The van der Waals surface area contributed by atoms with E-state index in [1.807, 2.05) is 12.1 Å². The molecule has 0 aliphatic rings. The van der Waals surface area contributed by atoms with Gasteiger partial charge in [0.15, 0.2) is 0 Å². The lowest BCUT2D eigenvalue weighted by Gasteiger charge is -2.28. The van der Waals surface area contributed by atoms with Crippen LogP contribution >= 0.6 is 0 Å². The second-order valence-electron chi connectivity index (χ2n) is 6.40. The Morgan fingerprint density at radius 1 is 1.36 bits per heavy atom. The summed E-state index contributed by atoms with van der Waals surface area (Å²) in [5.74, 6) is -0.537. The average molecular weight is 383 g/mol. The van der Waals surface area contributed by atoms with Crippen LogP contribution in [-0.4, -0.2) is 43.2 Å². The van der Waals surface area contributed by atoms with Crippen LogP contribution < -0.4 is 5.32 Å². The molecule has 3 aromatic rings. The van der Waals surface area contributed by atoms with Crippen molar-refractivity contribution in [1.82, 2.24) is 30.1 Å². The summed E-state index contributed by atoms with van der Waals surface area (Å²) in [5, 5.41) is 13.5. The molecule has 3 rings (SSSR count). The van der Waals surface area contributed by atoms with Crippen molar-refractivity contribution in [3.63, 3.8) is 0 Å². The molecule has 1 aromatic carbocycles. The van der Waals surface area contributed by atoms with E-state index in [0.717, 1.165) is 24.8 Å². The number of halogens is 1. The molecule has 1 atom stereocenters. The Balaban J connectivity index is 1.79. The van der Waals surface area contributed by atoms with E-state index in [2.05, 4.69) is 32.7 Å². The maximum absolute atomic E-state index is 14.3. The molecule has 1 N–H and O–H groups in total. The Hall–Kier alpha value is -3.36. The third-order valence-electron chi connectivity index (χ3n) is 4.49. The number of hydrogen-bond acceptors (Lipinski definition) is 5. The quantitative estimate of drug-likeness (QED) is 0.673. The zero-order valence-electron chi connectivity index (χ0n) is 15.8. The van der Waals surface area contributed by atoms with Gasteiger partial charge in [-0.15, -0.1) is 5.10 Å². The molecule has 146 valence electrons. The number of nitrogens with zero attached hydrogens (tertiary/aromatic N) is 6. The standard InChI is InChI=1S/C19H22FN7O/c1-3-4-7-18(14-6-5-10-21-12-14)26(2)19(28)23-17-11-15(8-9-16(17)20)27-13-22-24-25-27/h5-6,8-13,18H,3-4,7H2,1-2H3,(H,23,28)/t18-/m0/s1. The summed E-state index contributed by atoms with van der Waals surface area (Å²) in [6.45, 7) is 2.10. The van der Waals surface area contributed by atoms with Gasteiger partial charge in [0, 0.05) is 19.4 Å². The highest BCUT2D eigenvalue weighted by Crippen LogP contribution is 2.26. The first kappa shape index (κ1) is 19.4. The summed E-state index contributed by atoms with van der Waals surface area (Å²) in [7, 11) is 1.70. The number of anilines is 1.